The molecule has 3 rings (SSSR count). The van der Waals surface area contributed by atoms with Crippen LogP contribution in [0.3, 0.4) is 0 Å². The summed E-state index contributed by atoms with van der Waals surface area (Å²) >= 11 is 19.0. The van der Waals surface area contributed by atoms with Crippen LogP contribution < -0.4 is 10.6 Å². The molecule has 0 saturated carbocycles. The molecule has 22 heavy (non-hydrogen) atoms. The number of amides is 2. The van der Waals surface area contributed by atoms with E-state index in [0.717, 1.165) is 10.1 Å². The minimum atomic E-state index is -0.425. The molecule has 2 aromatic carbocycles. The number of nitrogens with zero attached hydrogens (tertiary/aromatic N) is 1. The molecular formula is C14H8Cl3N3OS. The number of rotatable bonds is 2. The lowest BCUT2D eigenvalue weighted by atomic mass is 10.2. The molecule has 0 fully saturated rings. The number of benzene rings is 2. The smallest absolute Gasteiger partial charge is 0.308 e. The zero-order valence-corrected chi connectivity index (χ0v) is 13.9. The summed E-state index contributed by atoms with van der Waals surface area (Å²) in [6, 6.07) is 9.81. The molecule has 1 aromatic heterocycles. The second kappa shape index (κ2) is 6.30. The maximum atomic E-state index is 12.0. The van der Waals surface area contributed by atoms with Gasteiger partial charge in [0.05, 0.1) is 14.7 Å². The fraction of sp³-hybridized carbons (Fsp3) is 0. The Morgan fingerprint density at radius 3 is 2.59 bits per heavy atom. The Hall–Kier alpha value is -1.53. The molecule has 0 bridgehead atoms. The number of carbonyl (C=O) groups is 1. The average molecular weight is 373 g/mol. The SMILES string of the molecule is O=C(Nc1ccc(Cl)c(Cl)c1)Nc1nsc2ccc(Cl)cc12. The molecule has 0 saturated heterocycles. The van der Waals surface area contributed by atoms with Crippen molar-refractivity contribution >= 4 is 74.0 Å². The van der Waals surface area contributed by atoms with Gasteiger partial charge in [-0.3, -0.25) is 5.32 Å². The third kappa shape index (κ3) is 3.28. The molecule has 0 radical (unpaired) electrons. The number of nitrogens with one attached hydrogen (secondary N) is 2. The molecule has 0 atom stereocenters. The van der Waals surface area contributed by atoms with E-state index in [-0.39, 0.29) is 0 Å². The van der Waals surface area contributed by atoms with Gasteiger partial charge in [0.1, 0.15) is 0 Å². The van der Waals surface area contributed by atoms with Crippen molar-refractivity contribution < 1.29 is 4.79 Å². The van der Waals surface area contributed by atoms with Crippen LogP contribution in [0.2, 0.25) is 15.1 Å². The van der Waals surface area contributed by atoms with E-state index in [2.05, 4.69) is 15.0 Å². The van der Waals surface area contributed by atoms with Gasteiger partial charge in [-0.2, -0.15) is 4.37 Å². The van der Waals surface area contributed by atoms with Gasteiger partial charge in [-0.15, -0.1) is 0 Å². The molecule has 1 heterocycles. The molecule has 4 nitrogen and oxygen atoms in total. The minimum Gasteiger partial charge on any atom is -0.308 e. The van der Waals surface area contributed by atoms with Gasteiger partial charge in [0.25, 0.3) is 0 Å². The van der Waals surface area contributed by atoms with Gasteiger partial charge in [-0.1, -0.05) is 34.8 Å². The zero-order valence-electron chi connectivity index (χ0n) is 10.9. The summed E-state index contributed by atoms with van der Waals surface area (Å²) in [4.78, 5) is 12.0. The van der Waals surface area contributed by atoms with E-state index in [1.807, 2.05) is 6.07 Å². The number of carbonyl (C=O) groups excluding carboxylic acids is 1. The second-order valence-corrected chi connectivity index (χ2v) is 6.44. The van der Waals surface area contributed by atoms with Crippen molar-refractivity contribution in [2.45, 2.75) is 0 Å². The number of hydrogen-bond acceptors (Lipinski definition) is 3. The van der Waals surface area contributed by atoms with E-state index >= 15 is 0 Å². The van der Waals surface area contributed by atoms with E-state index in [0.29, 0.717) is 26.6 Å². The van der Waals surface area contributed by atoms with Gasteiger partial charge in [0.2, 0.25) is 0 Å². The maximum absolute atomic E-state index is 12.0. The number of fused-ring (bicyclic) bond motifs is 1. The Kier molecular flexibility index (Phi) is 4.40. The fourth-order valence-electron chi connectivity index (χ4n) is 1.84. The first-order valence-corrected chi connectivity index (χ1v) is 8.01. The molecule has 112 valence electrons. The highest BCUT2D eigenvalue weighted by molar-refractivity contribution is 7.13. The van der Waals surface area contributed by atoms with Crippen molar-refractivity contribution in [3.63, 3.8) is 0 Å². The third-order valence-electron chi connectivity index (χ3n) is 2.84. The Labute approximate surface area is 145 Å². The maximum Gasteiger partial charge on any atom is 0.324 e. The summed E-state index contributed by atoms with van der Waals surface area (Å²) in [5.74, 6) is 0.458. The van der Waals surface area contributed by atoms with Crippen LogP contribution in [0.5, 0.6) is 0 Å². The van der Waals surface area contributed by atoms with Gasteiger partial charge in [0.15, 0.2) is 5.82 Å². The van der Waals surface area contributed by atoms with Crippen LogP contribution in [0.25, 0.3) is 10.1 Å². The number of halogens is 3. The summed E-state index contributed by atoms with van der Waals surface area (Å²) in [5, 5.41) is 7.52. The lowest BCUT2D eigenvalue weighted by molar-refractivity contribution is 0.262. The average Bonchev–Trinajstić information content (AvgIpc) is 2.85. The van der Waals surface area contributed by atoms with Crippen molar-refractivity contribution in [2.75, 3.05) is 10.6 Å². The van der Waals surface area contributed by atoms with Crippen molar-refractivity contribution in [1.29, 1.82) is 0 Å². The van der Waals surface area contributed by atoms with Crippen LogP contribution in [-0.4, -0.2) is 10.4 Å². The van der Waals surface area contributed by atoms with Crippen molar-refractivity contribution in [2.24, 2.45) is 0 Å². The molecule has 0 aliphatic heterocycles. The van der Waals surface area contributed by atoms with Gasteiger partial charge in [0, 0.05) is 16.1 Å². The Bertz CT molecular complexity index is 866. The molecule has 8 heteroatoms. The standard InChI is InChI=1S/C14H8Cl3N3OS/c15-7-1-4-12-9(5-7)13(20-22-12)19-14(21)18-8-2-3-10(16)11(17)6-8/h1-6H,(H2,18,19,20,21). The first kappa shape index (κ1) is 15.4. The number of urea groups is 1. The molecular weight excluding hydrogens is 365 g/mol. The lowest BCUT2D eigenvalue weighted by Gasteiger charge is -2.07. The summed E-state index contributed by atoms with van der Waals surface area (Å²) in [5.41, 5.74) is 0.532. The third-order valence-corrected chi connectivity index (χ3v) is 4.64. The Morgan fingerprint density at radius 1 is 1.00 bits per heavy atom. The summed E-state index contributed by atoms with van der Waals surface area (Å²) < 4.78 is 5.15. The highest BCUT2D eigenvalue weighted by atomic mass is 35.5. The first-order chi connectivity index (χ1) is 10.5. The highest BCUT2D eigenvalue weighted by Crippen LogP contribution is 2.29. The van der Waals surface area contributed by atoms with Crippen LogP contribution >= 0.6 is 46.3 Å². The number of hydrogen-bond donors (Lipinski definition) is 2. The summed E-state index contributed by atoms with van der Waals surface area (Å²) in [6.45, 7) is 0. The summed E-state index contributed by atoms with van der Waals surface area (Å²) in [7, 11) is 0. The van der Waals surface area contributed by atoms with Gasteiger partial charge in [-0.05, 0) is 47.9 Å². The molecule has 0 aliphatic rings. The molecule has 0 aliphatic carbocycles. The number of anilines is 2. The second-order valence-electron chi connectivity index (χ2n) is 4.38. The van der Waals surface area contributed by atoms with E-state index in [1.54, 1.807) is 30.3 Å². The van der Waals surface area contributed by atoms with Crippen LogP contribution in [0.4, 0.5) is 16.3 Å². The zero-order chi connectivity index (χ0) is 15.7. The van der Waals surface area contributed by atoms with Crippen LogP contribution in [0.15, 0.2) is 36.4 Å². The van der Waals surface area contributed by atoms with Crippen LogP contribution in [-0.2, 0) is 0 Å². The topological polar surface area (TPSA) is 54.0 Å². The Balaban J connectivity index is 1.78. The van der Waals surface area contributed by atoms with Gasteiger partial charge >= 0.3 is 6.03 Å². The van der Waals surface area contributed by atoms with Crippen LogP contribution in [0, 0.1) is 0 Å². The molecule has 0 spiro atoms. The quantitative estimate of drug-likeness (QED) is 0.588. The predicted molar refractivity (Wildman–Crippen MR) is 93.7 cm³/mol. The van der Waals surface area contributed by atoms with Crippen molar-refractivity contribution in [3.8, 4) is 0 Å². The summed E-state index contributed by atoms with van der Waals surface area (Å²) in [6.07, 6.45) is 0. The van der Waals surface area contributed by atoms with E-state index < -0.39 is 6.03 Å². The fourth-order valence-corrected chi connectivity index (χ4v) is 3.03. The monoisotopic (exact) mass is 371 g/mol. The van der Waals surface area contributed by atoms with Crippen LogP contribution in [0.1, 0.15) is 0 Å². The molecule has 3 aromatic rings. The minimum absolute atomic E-state index is 0.366. The lowest BCUT2D eigenvalue weighted by Crippen LogP contribution is -2.19. The van der Waals surface area contributed by atoms with E-state index in [1.165, 1.54) is 11.5 Å². The normalized spacial score (nSPS) is 10.7. The Morgan fingerprint density at radius 2 is 1.82 bits per heavy atom. The largest absolute Gasteiger partial charge is 0.324 e. The van der Waals surface area contributed by atoms with E-state index in [4.69, 9.17) is 34.8 Å². The van der Waals surface area contributed by atoms with E-state index in [9.17, 15) is 4.79 Å². The number of aromatic nitrogens is 1. The highest BCUT2D eigenvalue weighted by Gasteiger charge is 2.11. The van der Waals surface area contributed by atoms with Gasteiger partial charge in [-0.25, -0.2) is 4.79 Å². The first-order valence-electron chi connectivity index (χ1n) is 6.11. The van der Waals surface area contributed by atoms with Gasteiger partial charge < -0.3 is 5.32 Å². The molecule has 0 unspecified atom stereocenters. The molecule has 2 amide bonds. The van der Waals surface area contributed by atoms with Crippen molar-refractivity contribution in [1.82, 2.24) is 4.37 Å². The molecule has 2 N–H and O–H groups in total. The van der Waals surface area contributed by atoms with Crippen molar-refractivity contribution in [3.05, 3.63) is 51.5 Å². The predicted octanol–water partition coefficient (Wildman–Crippen LogP) is 5.90.